The quantitative estimate of drug-likeness (QED) is 0.787. The topological polar surface area (TPSA) is 53.2 Å². The third-order valence-corrected chi connectivity index (χ3v) is 3.27. The monoisotopic (exact) mass is 307 g/mol. The Kier molecular flexibility index (Phi) is 4.39. The van der Waals surface area contributed by atoms with Crippen LogP contribution in [0.1, 0.15) is 12.0 Å². The Morgan fingerprint density at radius 3 is 2.75 bits per heavy atom. The Balaban J connectivity index is 2.06. The van der Waals surface area contributed by atoms with Crippen LogP contribution in [0.3, 0.4) is 0 Å². The number of nitrogens with one attached hydrogen (secondary N) is 3. The SMILES string of the molecule is O=C(Nc1cc(C(F)(F)F)ccc1Cl)NC1CCNC1. The number of rotatable bonds is 2. The summed E-state index contributed by atoms with van der Waals surface area (Å²) in [6.07, 6.45) is -3.70. The molecule has 1 aliphatic rings. The molecule has 2 amide bonds. The molecule has 1 unspecified atom stereocenters. The molecule has 0 radical (unpaired) electrons. The van der Waals surface area contributed by atoms with E-state index in [9.17, 15) is 18.0 Å². The van der Waals surface area contributed by atoms with Crippen molar-refractivity contribution in [3.8, 4) is 0 Å². The summed E-state index contributed by atoms with van der Waals surface area (Å²) < 4.78 is 37.8. The molecule has 2 rings (SSSR count). The molecular formula is C12H13ClF3N3O. The van der Waals surface area contributed by atoms with Gasteiger partial charge in [0.25, 0.3) is 0 Å². The highest BCUT2D eigenvalue weighted by molar-refractivity contribution is 6.33. The number of benzene rings is 1. The van der Waals surface area contributed by atoms with Crippen LogP contribution in [0.2, 0.25) is 5.02 Å². The van der Waals surface area contributed by atoms with Gasteiger partial charge in [-0.1, -0.05) is 11.6 Å². The standard InChI is InChI=1S/C12H13ClF3N3O/c13-9-2-1-7(12(14,15)16)5-10(9)19-11(20)18-8-3-4-17-6-8/h1-2,5,8,17H,3-4,6H2,(H2,18,19,20). The molecule has 110 valence electrons. The summed E-state index contributed by atoms with van der Waals surface area (Å²) in [5.41, 5.74) is -0.926. The second kappa shape index (κ2) is 5.88. The molecular weight excluding hydrogens is 295 g/mol. The number of carbonyl (C=O) groups excluding carboxylic acids is 1. The van der Waals surface area contributed by atoms with E-state index in [4.69, 9.17) is 11.6 Å². The number of halogens is 4. The molecule has 4 nitrogen and oxygen atoms in total. The Labute approximate surface area is 118 Å². The summed E-state index contributed by atoms with van der Waals surface area (Å²) in [6.45, 7) is 1.44. The van der Waals surface area contributed by atoms with Crippen LogP contribution in [0, 0.1) is 0 Å². The van der Waals surface area contributed by atoms with Crippen molar-refractivity contribution in [2.45, 2.75) is 18.6 Å². The van der Waals surface area contributed by atoms with Crippen molar-refractivity contribution in [2.24, 2.45) is 0 Å². The maximum Gasteiger partial charge on any atom is 0.416 e. The summed E-state index contributed by atoms with van der Waals surface area (Å²) in [5.74, 6) is 0. The molecule has 8 heteroatoms. The van der Waals surface area contributed by atoms with Crippen LogP contribution in [-0.2, 0) is 6.18 Å². The van der Waals surface area contributed by atoms with E-state index in [0.717, 1.165) is 31.2 Å². The van der Waals surface area contributed by atoms with Crippen molar-refractivity contribution in [2.75, 3.05) is 18.4 Å². The first kappa shape index (κ1) is 14.9. The molecule has 0 aliphatic carbocycles. The highest BCUT2D eigenvalue weighted by Gasteiger charge is 2.31. The number of amides is 2. The van der Waals surface area contributed by atoms with Gasteiger partial charge in [0, 0.05) is 12.6 Å². The van der Waals surface area contributed by atoms with Gasteiger partial charge < -0.3 is 16.0 Å². The van der Waals surface area contributed by atoms with Crippen LogP contribution < -0.4 is 16.0 Å². The third kappa shape index (κ3) is 3.77. The van der Waals surface area contributed by atoms with E-state index < -0.39 is 17.8 Å². The zero-order valence-corrected chi connectivity index (χ0v) is 11.1. The summed E-state index contributed by atoms with van der Waals surface area (Å²) >= 11 is 5.78. The van der Waals surface area contributed by atoms with Crippen molar-refractivity contribution in [1.29, 1.82) is 0 Å². The Bertz CT molecular complexity index is 501. The van der Waals surface area contributed by atoms with Gasteiger partial charge in [-0.25, -0.2) is 4.79 Å². The fourth-order valence-corrected chi connectivity index (χ4v) is 2.08. The van der Waals surface area contributed by atoms with E-state index >= 15 is 0 Å². The lowest BCUT2D eigenvalue weighted by Crippen LogP contribution is -2.39. The van der Waals surface area contributed by atoms with Gasteiger partial charge >= 0.3 is 12.2 Å². The zero-order chi connectivity index (χ0) is 14.8. The van der Waals surface area contributed by atoms with E-state index in [1.807, 2.05) is 0 Å². The summed E-state index contributed by atoms with van der Waals surface area (Å²) in [4.78, 5) is 11.7. The smallest absolute Gasteiger partial charge is 0.334 e. The van der Waals surface area contributed by atoms with E-state index in [-0.39, 0.29) is 16.8 Å². The zero-order valence-electron chi connectivity index (χ0n) is 10.4. The summed E-state index contributed by atoms with van der Waals surface area (Å²) in [6, 6.07) is 2.19. The Morgan fingerprint density at radius 2 is 2.15 bits per heavy atom. The number of hydrogen-bond acceptors (Lipinski definition) is 2. The first-order valence-corrected chi connectivity index (χ1v) is 6.39. The van der Waals surface area contributed by atoms with Gasteiger partial charge in [0.1, 0.15) is 0 Å². The molecule has 1 fully saturated rings. The third-order valence-electron chi connectivity index (χ3n) is 2.94. The van der Waals surface area contributed by atoms with Gasteiger partial charge in [-0.05, 0) is 31.2 Å². The second-order valence-corrected chi connectivity index (χ2v) is 4.89. The van der Waals surface area contributed by atoms with E-state index in [1.165, 1.54) is 0 Å². The van der Waals surface area contributed by atoms with Crippen molar-refractivity contribution in [3.63, 3.8) is 0 Å². The molecule has 1 aliphatic heterocycles. The molecule has 1 aromatic rings. The van der Waals surface area contributed by atoms with E-state index in [1.54, 1.807) is 0 Å². The van der Waals surface area contributed by atoms with E-state index in [2.05, 4.69) is 16.0 Å². The van der Waals surface area contributed by atoms with Crippen molar-refractivity contribution < 1.29 is 18.0 Å². The van der Waals surface area contributed by atoms with Crippen molar-refractivity contribution >= 4 is 23.3 Å². The van der Waals surface area contributed by atoms with Crippen LogP contribution in [0.5, 0.6) is 0 Å². The maximum atomic E-state index is 12.6. The minimum absolute atomic E-state index is 0.0282. The predicted molar refractivity (Wildman–Crippen MR) is 69.9 cm³/mol. The largest absolute Gasteiger partial charge is 0.416 e. The van der Waals surface area contributed by atoms with Gasteiger partial charge in [-0.15, -0.1) is 0 Å². The second-order valence-electron chi connectivity index (χ2n) is 4.48. The first-order chi connectivity index (χ1) is 9.36. The van der Waals surface area contributed by atoms with Gasteiger partial charge in [0.05, 0.1) is 16.3 Å². The van der Waals surface area contributed by atoms with E-state index in [0.29, 0.717) is 6.54 Å². The number of hydrogen-bond donors (Lipinski definition) is 3. The fraction of sp³-hybridized carbons (Fsp3) is 0.417. The van der Waals surface area contributed by atoms with Crippen LogP contribution >= 0.6 is 11.6 Å². The molecule has 3 N–H and O–H groups in total. The lowest BCUT2D eigenvalue weighted by atomic mass is 10.2. The van der Waals surface area contributed by atoms with Gasteiger partial charge in [0.2, 0.25) is 0 Å². The lowest BCUT2D eigenvalue weighted by molar-refractivity contribution is -0.137. The van der Waals surface area contributed by atoms with Gasteiger partial charge in [-0.3, -0.25) is 0 Å². The molecule has 1 saturated heterocycles. The maximum absolute atomic E-state index is 12.6. The van der Waals surface area contributed by atoms with Crippen LogP contribution in [0.15, 0.2) is 18.2 Å². The van der Waals surface area contributed by atoms with Crippen LogP contribution in [0.25, 0.3) is 0 Å². The molecule has 0 saturated carbocycles. The minimum Gasteiger partial charge on any atom is -0.334 e. The van der Waals surface area contributed by atoms with Crippen molar-refractivity contribution in [1.82, 2.24) is 10.6 Å². The fourth-order valence-electron chi connectivity index (χ4n) is 1.92. The molecule has 0 bridgehead atoms. The highest BCUT2D eigenvalue weighted by Crippen LogP contribution is 2.33. The van der Waals surface area contributed by atoms with Crippen LogP contribution in [0.4, 0.5) is 23.7 Å². The average molecular weight is 308 g/mol. The number of urea groups is 1. The molecule has 1 heterocycles. The molecule has 1 atom stereocenters. The molecule has 0 aromatic heterocycles. The summed E-state index contributed by atoms with van der Waals surface area (Å²) in [7, 11) is 0. The van der Waals surface area contributed by atoms with Crippen molar-refractivity contribution in [3.05, 3.63) is 28.8 Å². The average Bonchev–Trinajstić information content (AvgIpc) is 2.83. The minimum atomic E-state index is -4.48. The molecule has 1 aromatic carbocycles. The Morgan fingerprint density at radius 1 is 1.40 bits per heavy atom. The molecule has 0 spiro atoms. The normalized spacial score (nSPS) is 18.9. The predicted octanol–water partition coefficient (Wildman–Crippen LogP) is 2.84. The lowest BCUT2D eigenvalue weighted by Gasteiger charge is -2.14. The highest BCUT2D eigenvalue weighted by atomic mass is 35.5. The van der Waals surface area contributed by atoms with Gasteiger partial charge in [0.15, 0.2) is 0 Å². The first-order valence-electron chi connectivity index (χ1n) is 6.01. The summed E-state index contributed by atoms with van der Waals surface area (Å²) in [5, 5.41) is 8.12. The van der Waals surface area contributed by atoms with Crippen LogP contribution in [-0.4, -0.2) is 25.2 Å². The number of carbonyl (C=O) groups is 1. The molecule has 20 heavy (non-hydrogen) atoms. The Hall–Kier alpha value is -1.47. The number of alkyl halides is 3. The number of anilines is 1. The van der Waals surface area contributed by atoms with Gasteiger partial charge in [-0.2, -0.15) is 13.2 Å².